The third-order valence-electron chi connectivity index (χ3n) is 8.39. The average molecular weight is 601 g/mol. The number of methoxy groups -OCH3 is 1. The monoisotopic (exact) mass is 600 g/mol. The SMILES string of the molecule is COc1cc(C)c(S(=O)(=O)N2c3ccccc3CCC2COCC(=O)N2CCc3[nH]cnc3C2c2ccccc2)c(C)c1. The van der Waals surface area contributed by atoms with Crippen molar-refractivity contribution in [1.29, 1.82) is 0 Å². The first kappa shape index (κ1) is 28.9. The summed E-state index contributed by atoms with van der Waals surface area (Å²) in [5, 5.41) is 0. The van der Waals surface area contributed by atoms with Gasteiger partial charge in [0.05, 0.1) is 42.4 Å². The van der Waals surface area contributed by atoms with Gasteiger partial charge in [0.2, 0.25) is 5.91 Å². The number of nitrogens with one attached hydrogen (secondary N) is 1. The molecule has 0 bridgehead atoms. The molecule has 0 fully saturated rings. The number of H-pyrrole nitrogens is 1. The van der Waals surface area contributed by atoms with Crippen LogP contribution in [0.25, 0.3) is 0 Å². The first-order valence-corrected chi connectivity index (χ1v) is 16.0. The molecule has 6 rings (SSSR count). The average Bonchev–Trinajstić information content (AvgIpc) is 3.49. The predicted molar refractivity (Wildman–Crippen MR) is 164 cm³/mol. The van der Waals surface area contributed by atoms with E-state index in [2.05, 4.69) is 9.97 Å². The lowest BCUT2D eigenvalue weighted by atomic mass is 9.95. The molecule has 2 aliphatic rings. The summed E-state index contributed by atoms with van der Waals surface area (Å²) < 4.78 is 41.7. The van der Waals surface area contributed by atoms with Crippen LogP contribution in [0.4, 0.5) is 5.69 Å². The first-order chi connectivity index (χ1) is 20.8. The van der Waals surface area contributed by atoms with Crippen molar-refractivity contribution in [3.05, 3.63) is 107 Å². The topological polar surface area (TPSA) is 105 Å². The van der Waals surface area contributed by atoms with Crippen molar-refractivity contribution in [2.45, 2.75) is 50.1 Å². The van der Waals surface area contributed by atoms with Crippen LogP contribution >= 0.6 is 0 Å². The van der Waals surface area contributed by atoms with Gasteiger partial charge in [-0.1, -0.05) is 48.5 Å². The number of carbonyl (C=O) groups is 1. The number of ether oxygens (including phenoxy) is 2. The van der Waals surface area contributed by atoms with Crippen LogP contribution in [0.15, 0.2) is 78.0 Å². The van der Waals surface area contributed by atoms with E-state index in [1.807, 2.05) is 59.5 Å². The fourth-order valence-electron chi connectivity index (χ4n) is 6.47. The molecule has 2 atom stereocenters. The molecule has 3 aromatic carbocycles. The smallest absolute Gasteiger partial charge is 0.265 e. The van der Waals surface area contributed by atoms with E-state index >= 15 is 0 Å². The summed E-state index contributed by atoms with van der Waals surface area (Å²) in [5.74, 6) is 0.454. The van der Waals surface area contributed by atoms with Crippen molar-refractivity contribution in [3.8, 4) is 5.75 Å². The highest BCUT2D eigenvalue weighted by Gasteiger charge is 2.39. The highest BCUT2D eigenvalue weighted by Crippen LogP contribution is 2.38. The van der Waals surface area contributed by atoms with Crippen molar-refractivity contribution in [3.63, 3.8) is 0 Å². The summed E-state index contributed by atoms with van der Waals surface area (Å²) >= 11 is 0. The van der Waals surface area contributed by atoms with Gasteiger partial charge in [0, 0.05) is 18.7 Å². The number of nitrogens with zero attached hydrogens (tertiary/aromatic N) is 3. The lowest BCUT2D eigenvalue weighted by molar-refractivity contribution is -0.138. The van der Waals surface area contributed by atoms with E-state index < -0.39 is 16.1 Å². The number of anilines is 1. The second-order valence-electron chi connectivity index (χ2n) is 11.1. The van der Waals surface area contributed by atoms with E-state index in [4.69, 9.17) is 9.47 Å². The molecule has 1 aromatic heterocycles. The maximum absolute atomic E-state index is 14.4. The van der Waals surface area contributed by atoms with Crippen LogP contribution in [0.3, 0.4) is 0 Å². The molecule has 1 N–H and O–H groups in total. The molecular weight excluding hydrogens is 564 g/mol. The van der Waals surface area contributed by atoms with Gasteiger partial charge < -0.3 is 19.4 Å². The minimum absolute atomic E-state index is 0.0883. The summed E-state index contributed by atoms with van der Waals surface area (Å²) in [7, 11) is -2.40. The van der Waals surface area contributed by atoms with Gasteiger partial charge in [-0.15, -0.1) is 0 Å². The molecule has 0 aliphatic carbocycles. The number of amides is 1. The number of aromatic amines is 1. The Morgan fingerprint density at radius 1 is 1.02 bits per heavy atom. The van der Waals surface area contributed by atoms with E-state index in [0.717, 1.165) is 28.9 Å². The summed E-state index contributed by atoms with van der Waals surface area (Å²) in [6, 6.07) is 20.2. The standard InChI is InChI=1S/C33H36N4O5S/c1-22-17-27(41-3)18-23(2)33(22)43(39,40)37-26(14-13-24-9-7-8-12-29(24)37)19-42-20-30(38)36-16-15-28-31(35-21-34-28)32(36)25-10-5-4-6-11-25/h4-12,17-18,21,26,32H,13-16,19-20H2,1-3H3,(H,34,35). The van der Waals surface area contributed by atoms with Gasteiger partial charge in [-0.3, -0.25) is 9.10 Å². The Morgan fingerprint density at radius 3 is 2.49 bits per heavy atom. The number of carbonyl (C=O) groups excluding carboxylic acids is 1. The second-order valence-corrected chi connectivity index (χ2v) is 12.9. The number of rotatable bonds is 8. The third kappa shape index (κ3) is 5.41. The molecule has 9 nitrogen and oxygen atoms in total. The zero-order valence-corrected chi connectivity index (χ0v) is 25.4. The van der Waals surface area contributed by atoms with Crippen molar-refractivity contribution in [2.75, 3.05) is 31.2 Å². The van der Waals surface area contributed by atoms with Gasteiger partial charge in [0.15, 0.2) is 0 Å². The number of imidazole rings is 1. The Bertz CT molecular complexity index is 1710. The zero-order chi connectivity index (χ0) is 30.1. The Morgan fingerprint density at radius 2 is 1.74 bits per heavy atom. The molecule has 0 radical (unpaired) electrons. The van der Waals surface area contributed by atoms with E-state index in [-0.39, 0.29) is 30.1 Å². The summed E-state index contributed by atoms with van der Waals surface area (Å²) in [6.45, 7) is 4.04. The largest absolute Gasteiger partial charge is 0.497 e. The van der Waals surface area contributed by atoms with Gasteiger partial charge in [0.1, 0.15) is 18.4 Å². The van der Waals surface area contributed by atoms with Gasteiger partial charge in [-0.25, -0.2) is 13.4 Å². The van der Waals surface area contributed by atoms with E-state index in [1.165, 1.54) is 4.31 Å². The number of hydrogen-bond acceptors (Lipinski definition) is 6. The minimum Gasteiger partial charge on any atom is -0.497 e. The highest BCUT2D eigenvalue weighted by molar-refractivity contribution is 7.93. The van der Waals surface area contributed by atoms with Gasteiger partial charge in [-0.05, 0) is 67.1 Å². The minimum atomic E-state index is -3.96. The maximum Gasteiger partial charge on any atom is 0.265 e. The van der Waals surface area contributed by atoms with Crippen LogP contribution in [0.2, 0.25) is 0 Å². The number of sulfonamides is 1. The van der Waals surface area contributed by atoms with Crippen molar-refractivity contribution in [1.82, 2.24) is 14.9 Å². The first-order valence-electron chi connectivity index (χ1n) is 14.5. The number of benzene rings is 3. The molecule has 10 heteroatoms. The van der Waals surface area contributed by atoms with Crippen molar-refractivity contribution < 1.29 is 22.7 Å². The normalized spacial score (nSPS) is 18.2. The lowest BCUT2D eigenvalue weighted by Gasteiger charge is -2.38. The Labute approximate surface area is 252 Å². The molecule has 2 unspecified atom stereocenters. The van der Waals surface area contributed by atoms with E-state index in [0.29, 0.717) is 42.0 Å². The molecule has 0 saturated carbocycles. The quantitative estimate of drug-likeness (QED) is 0.314. The molecule has 0 saturated heterocycles. The van der Waals surface area contributed by atoms with Crippen LogP contribution < -0.4 is 9.04 Å². The van der Waals surface area contributed by atoms with Gasteiger partial charge in [-0.2, -0.15) is 0 Å². The van der Waals surface area contributed by atoms with E-state index in [9.17, 15) is 13.2 Å². The summed E-state index contributed by atoms with van der Waals surface area (Å²) in [6.07, 6.45) is 3.64. The van der Waals surface area contributed by atoms with Crippen molar-refractivity contribution >= 4 is 21.6 Å². The number of hydrogen-bond donors (Lipinski definition) is 1. The Hall–Kier alpha value is -4.15. The number of fused-ring (bicyclic) bond motifs is 2. The molecule has 43 heavy (non-hydrogen) atoms. The fourth-order valence-corrected chi connectivity index (χ4v) is 8.59. The van der Waals surface area contributed by atoms with Gasteiger partial charge in [0.25, 0.3) is 10.0 Å². The number of aryl methyl sites for hydroxylation is 3. The summed E-state index contributed by atoms with van der Waals surface area (Å²) in [5.41, 5.74) is 5.71. The maximum atomic E-state index is 14.4. The Kier molecular flexibility index (Phi) is 7.98. The lowest BCUT2D eigenvalue weighted by Crippen LogP contribution is -2.47. The van der Waals surface area contributed by atoms with Crippen LogP contribution in [-0.4, -0.2) is 62.1 Å². The molecular formula is C33H36N4O5S. The van der Waals surface area contributed by atoms with Gasteiger partial charge >= 0.3 is 0 Å². The number of para-hydroxylation sites is 1. The molecule has 4 aromatic rings. The Balaban J connectivity index is 1.24. The second kappa shape index (κ2) is 11.9. The van der Waals surface area contributed by atoms with Crippen LogP contribution in [0, 0.1) is 13.8 Å². The predicted octanol–water partition coefficient (Wildman–Crippen LogP) is 4.74. The third-order valence-corrected chi connectivity index (χ3v) is 10.6. The van der Waals surface area contributed by atoms with Crippen LogP contribution in [0.1, 0.15) is 46.1 Å². The molecule has 3 heterocycles. The number of aromatic nitrogens is 2. The summed E-state index contributed by atoms with van der Waals surface area (Å²) in [4.78, 5) is 23.4. The van der Waals surface area contributed by atoms with Crippen LogP contribution in [-0.2, 0) is 32.4 Å². The fraction of sp³-hybridized carbons (Fsp3) is 0.333. The molecule has 0 spiro atoms. The van der Waals surface area contributed by atoms with E-state index in [1.54, 1.807) is 39.4 Å². The zero-order valence-electron chi connectivity index (χ0n) is 24.6. The van der Waals surface area contributed by atoms with Crippen LogP contribution in [0.5, 0.6) is 5.75 Å². The molecule has 1 amide bonds. The van der Waals surface area contributed by atoms with Crippen molar-refractivity contribution in [2.24, 2.45) is 0 Å². The molecule has 224 valence electrons. The molecule has 2 aliphatic heterocycles. The highest BCUT2D eigenvalue weighted by atomic mass is 32.2.